The summed E-state index contributed by atoms with van der Waals surface area (Å²) in [5.74, 6) is 0.627. The first kappa shape index (κ1) is 13.1. The van der Waals surface area contributed by atoms with E-state index in [1.807, 2.05) is 25.1 Å². The normalized spacial score (nSPS) is 18.9. The fourth-order valence-electron chi connectivity index (χ4n) is 2.66. The second-order valence-corrected chi connectivity index (χ2v) is 4.88. The highest BCUT2D eigenvalue weighted by atomic mass is 16.6. The van der Waals surface area contributed by atoms with E-state index in [1.54, 1.807) is 12.1 Å². The minimum Gasteiger partial charge on any atom is -0.467 e. The average molecular weight is 280 g/mol. The molecule has 1 aliphatic heterocycles. The third-order valence-corrected chi connectivity index (χ3v) is 3.79. The Hall–Kier alpha value is -2.87. The van der Waals surface area contributed by atoms with Crippen LogP contribution >= 0.6 is 0 Å². The summed E-state index contributed by atoms with van der Waals surface area (Å²) < 4.78 is 5.90. The van der Waals surface area contributed by atoms with Gasteiger partial charge >= 0.3 is 0 Å². The number of nitriles is 1. The number of fused-ring (bicyclic) bond motifs is 3. The van der Waals surface area contributed by atoms with Crippen LogP contribution in [0.1, 0.15) is 18.9 Å². The van der Waals surface area contributed by atoms with Crippen molar-refractivity contribution in [2.45, 2.75) is 18.9 Å². The Balaban J connectivity index is 2.33. The Morgan fingerprint density at radius 2 is 2.05 bits per heavy atom. The van der Waals surface area contributed by atoms with Crippen LogP contribution in [0, 0.1) is 21.4 Å². The number of nitro groups is 1. The lowest BCUT2D eigenvalue weighted by molar-refractivity contribution is -0.385. The average Bonchev–Trinajstić information content (AvgIpc) is 2.53. The van der Waals surface area contributed by atoms with E-state index in [0.717, 1.165) is 11.1 Å². The van der Waals surface area contributed by atoms with Crippen LogP contribution in [-0.2, 0) is 5.60 Å². The molecule has 0 spiro atoms. The maximum absolute atomic E-state index is 11.0. The summed E-state index contributed by atoms with van der Waals surface area (Å²) in [5.41, 5.74) is 0.994. The Morgan fingerprint density at radius 3 is 2.71 bits per heavy atom. The Bertz CT molecular complexity index is 779. The van der Waals surface area contributed by atoms with Gasteiger partial charge in [0.05, 0.1) is 4.92 Å². The third-order valence-electron chi connectivity index (χ3n) is 3.79. The summed E-state index contributed by atoms with van der Waals surface area (Å²) in [4.78, 5) is 10.5. The highest BCUT2D eigenvalue weighted by Gasteiger charge is 2.40. The lowest BCUT2D eigenvalue weighted by Gasteiger charge is -2.34. The van der Waals surface area contributed by atoms with Crippen molar-refractivity contribution in [2.24, 2.45) is 0 Å². The highest BCUT2D eigenvalue weighted by Crippen LogP contribution is 2.47. The predicted molar refractivity (Wildman–Crippen MR) is 76.7 cm³/mol. The second kappa shape index (κ2) is 4.60. The number of benzene rings is 2. The van der Waals surface area contributed by atoms with Gasteiger partial charge in [0.1, 0.15) is 11.8 Å². The number of hydrogen-bond acceptors (Lipinski definition) is 4. The number of para-hydroxylation sites is 1. The van der Waals surface area contributed by atoms with E-state index in [0.29, 0.717) is 17.7 Å². The number of hydrogen-bond donors (Lipinski definition) is 0. The smallest absolute Gasteiger partial charge is 0.269 e. The van der Waals surface area contributed by atoms with Gasteiger partial charge in [0.15, 0.2) is 0 Å². The van der Waals surface area contributed by atoms with Crippen molar-refractivity contribution in [3.8, 4) is 22.9 Å². The quantitative estimate of drug-likeness (QED) is 0.619. The van der Waals surface area contributed by atoms with E-state index in [2.05, 4.69) is 6.07 Å². The first-order valence-electron chi connectivity index (χ1n) is 6.60. The molecule has 21 heavy (non-hydrogen) atoms. The number of ether oxygens (including phenoxy) is 1. The molecule has 0 saturated heterocycles. The monoisotopic (exact) mass is 280 g/mol. The summed E-state index contributed by atoms with van der Waals surface area (Å²) >= 11 is 0. The van der Waals surface area contributed by atoms with Crippen LogP contribution in [0.5, 0.6) is 5.75 Å². The molecule has 0 bridgehead atoms. The molecule has 1 unspecified atom stereocenters. The van der Waals surface area contributed by atoms with Crippen molar-refractivity contribution in [1.29, 1.82) is 5.26 Å². The van der Waals surface area contributed by atoms with Crippen molar-refractivity contribution in [2.75, 3.05) is 0 Å². The van der Waals surface area contributed by atoms with Gasteiger partial charge in [0, 0.05) is 29.7 Å². The van der Waals surface area contributed by atoms with Gasteiger partial charge in [-0.2, -0.15) is 5.26 Å². The molecule has 2 aromatic carbocycles. The zero-order valence-electron chi connectivity index (χ0n) is 11.4. The molecule has 0 amide bonds. The van der Waals surface area contributed by atoms with Crippen LogP contribution in [0.4, 0.5) is 5.69 Å². The molecule has 0 aromatic heterocycles. The van der Waals surface area contributed by atoms with Crippen molar-refractivity contribution in [1.82, 2.24) is 0 Å². The molecule has 2 aromatic rings. The molecule has 0 N–H and O–H groups in total. The van der Waals surface area contributed by atoms with Gasteiger partial charge in [0.2, 0.25) is 5.60 Å². The summed E-state index contributed by atoms with van der Waals surface area (Å²) in [7, 11) is 0. The number of non-ortho nitro benzene ring substituents is 1. The van der Waals surface area contributed by atoms with E-state index in [1.165, 1.54) is 12.1 Å². The fraction of sp³-hybridized carbons (Fsp3) is 0.188. The van der Waals surface area contributed by atoms with E-state index < -0.39 is 10.5 Å². The van der Waals surface area contributed by atoms with E-state index in [4.69, 9.17) is 4.74 Å². The lowest BCUT2D eigenvalue weighted by Crippen LogP contribution is -2.34. The minimum atomic E-state index is -1.18. The Morgan fingerprint density at radius 1 is 1.29 bits per heavy atom. The molecule has 0 aliphatic carbocycles. The molecule has 1 aliphatic rings. The summed E-state index contributed by atoms with van der Waals surface area (Å²) in [6.45, 7) is 1.83. The predicted octanol–water partition coefficient (Wildman–Crippen LogP) is 3.78. The lowest BCUT2D eigenvalue weighted by atomic mass is 9.83. The van der Waals surface area contributed by atoms with Gasteiger partial charge in [-0.1, -0.05) is 25.1 Å². The van der Waals surface area contributed by atoms with Gasteiger partial charge < -0.3 is 4.74 Å². The number of nitrogens with zero attached hydrogens (tertiary/aromatic N) is 2. The standard InChI is InChI=1S/C16H12N2O3/c1-2-16(10-17)14-9-11(18(19)20)7-8-12(14)13-5-3-4-6-15(13)21-16/h3-9H,2H2,1H3. The molecule has 1 atom stereocenters. The van der Waals surface area contributed by atoms with E-state index >= 15 is 0 Å². The van der Waals surface area contributed by atoms with E-state index in [-0.39, 0.29) is 5.69 Å². The molecule has 3 rings (SSSR count). The Labute approximate surface area is 121 Å². The molecule has 104 valence electrons. The molecular formula is C16H12N2O3. The van der Waals surface area contributed by atoms with Gasteiger partial charge in [-0.25, -0.2) is 0 Å². The molecule has 0 radical (unpaired) electrons. The largest absolute Gasteiger partial charge is 0.467 e. The van der Waals surface area contributed by atoms with Gasteiger partial charge in [-0.3, -0.25) is 10.1 Å². The van der Waals surface area contributed by atoms with Gasteiger partial charge in [-0.15, -0.1) is 0 Å². The zero-order valence-corrected chi connectivity index (χ0v) is 11.4. The first-order chi connectivity index (χ1) is 10.1. The molecule has 1 heterocycles. The van der Waals surface area contributed by atoms with Crippen molar-refractivity contribution < 1.29 is 9.66 Å². The van der Waals surface area contributed by atoms with Crippen LogP contribution in [0.25, 0.3) is 11.1 Å². The summed E-state index contributed by atoms with van der Waals surface area (Å²) in [6.07, 6.45) is 0.409. The number of rotatable bonds is 2. The van der Waals surface area contributed by atoms with Crippen molar-refractivity contribution >= 4 is 5.69 Å². The van der Waals surface area contributed by atoms with Crippen LogP contribution < -0.4 is 4.74 Å². The van der Waals surface area contributed by atoms with Crippen molar-refractivity contribution in [3.05, 3.63) is 58.1 Å². The molecule has 5 nitrogen and oxygen atoms in total. The van der Waals surface area contributed by atoms with Crippen LogP contribution in [-0.4, -0.2) is 4.92 Å². The first-order valence-corrected chi connectivity index (χ1v) is 6.60. The topological polar surface area (TPSA) is 76.2 Å². The molecule has 0 saturated carbocycles. The molecule has 0 fully saturated rings. The highest BCUT2D eigenvalue weighted by molar-refractivity contribution is 5.78. The van der Waals surface area contributed by atoms with Crippen molar-refractivity contribution in [3.63, 3.8) is 0 Å². The fourth-order valence-corrected chi connectivity index (χ4v) is 2.66. The van der Waals surface area contributed by atoms with Crippen LogP contribution in [0.3, 0.4) is 0 Å². The zero-order chi connectivity index (χ0) is 15.0. The SMILES string of the molecule is CCC1(C#N)Oc2ccccc2-c2ccc([N+](=O)[O-])cc21. The maximum Gasteiger partial charge on any atom is 0.269 e. The second-order valence-electron chi connectivity index (χ2n) is 4.88. The minimum absolute atomic E-state index is 0.0372. The third kappa shape index (κ3) is 1.84. The van der Waals surface area contributed by atoms with Crippen LogP contribution in [0.15, 0.2) is 42.5 Å². The molecular weight excluding hydrogens is 268 g/mol. The molecule has 5 heteroatoms. The summed E-state index contributed by atoms with van der Waals surface area (Å²) in [5, 5.41) is 20.6. The number of nitro benzene ring substituents is 1. The maximum atomic E-state index is 11.0. The van der Waals surface area contributed by atoms with Crippen LogP contribution in [0.2, 0.25) is 0 Å². The Kier molecular flexibility index (Phi) is 2.88. The van der Waals surface area contributed by atoms with E-state index in [9.17, 15) is 15.4 Å². The van der Waals surface area contributed by atoms with Gasteiger partial charge in [-0.05, 0) is 17.7 Å². The van der Waals surface area contributed by atoms with Gasteiger partial charge in [0.25, 0.3) is 5.69 Å². The summed E-state index contributed by atoms with van der Waals surface area (Å²) in [6, 6.07) is 14.2.